The fourth-order valence-electron chi connectivity index (χ4n) is 4.99. The van der Waals surface area contributed by atoms with Gasteiger partial charge in [0.15, 0.2) is 5.78 Å². The third-order valence-corrected chi connectivity index (χ3v) is 6.31. The second-order valence-corrected chi connectivity index (χ2v) is 8.25. The number of amides is 1. The van der Waals surface area contributed by atoms with Crippen molar-refractivity contribution in [3.8, 4) is 0 Å². The molecule has 29 heavy (non-hydrogen) atoms. The largest absolute Gasteiger partial charge is 0.335 e. The Bertz CT molecular complexity index is 885. The standard InChI is InChI=1S/C24H27FN2O2/c1-17(28)27-15-20-14-26(12-6-11-23(29)18-7-3-2-4-8-18)16-22(20)24(27)19-9-5-10-21(25)13-19/h2-5,7-10,13,20,22,24H,6,11-12,14-16H2,1H3/t20-,22-,24-/m1/s1. The van der Waals surface area contributed by atoms with E-state index >= 15 is 0 Å². The maximum Gasteiger partial charge on any atom is 0.219 e. The molecule has 0 saturated carbocycles. The fraction of sp³-hybridized carbons (Fsp3) is 0.417. The van der Waals surface area contributed by atoms with Gasteiger partial charge < -0.3 is 9.80 Å². The summed E-state index contributed by atoms with van der Waals surface area (Å²) in [5.74, 6) is 0.685. The summed E-state index contributed by atoms with van der Waals surface area (Å²) >= 11 is 0. The minimum absolute atomic E-state index is 0.0497. The molecule has 0 aliphatic carbocycles. The van der Waals surface area contributed by atoms with Crippen molar-refractivity contribution in [1.29, 1.82) is 0 Å². The smallest absolute Gasteiger partial charge is 0.219 e. The molecule has 0 N–H and O–H groups in total. The zero-order valence-electron chi connectivity index (χ0n) is 16.8. The molecule has 2 aliphatic rings. The molecule has 1 amide bonds. The predicted molar refractivity (Wildman–Crippen MR) is 110 cm³/mol. The molecule has 3 atom stereocenters. The normalized spacial score (nSPS) is 23.9. The number of rotatable bonds is 6. The van der Waals surface area contributed by atoms with Crippen molar-refractivity contribution < 1.29 is 14.0 Å². The van der Waals surface area contributed by atoms with Gasteiger partial charge in [0.2, 0.25) is 5.91 Å². The monoisotopic (exact) mass is 394 g/mol. The SMILES string of the molecule is CC(=O)N1C[C@H]2CN(CCCC(=O)c3ccccc3)C[C@H]2[C@H]1c1cccc(F)c1. The van der Waals surface area contributed by atoms with Gasteiger partial charge in [0.1, 0.15) is 5.82 Å². The first-order valence-electron chi connectivity index (χ1n) is 10.4. The first-order chi connectivity index (χ1) is 14.0. The average Bonchev–Trinajstić information content (AvgIpc) is 3.26. The van der Waals surface area contributed by atoms with E-state index in [1.54, 1.807) is 19.1 Å². The maximum atomic E-state index is 13.8. The van der Waals surface area contributed by atoms with E-state index in [0.29, 0.717) is 18.3 Å². The van der Waals surface area contributed by atoms with Crippen LogP contribution in [0.2, 0.25) is 0 Å². The Morgan fingerprint density at radius 3 is 2.55 bits per heavy atom. The van der Waals surface area contributed by atoms with Crippen LogP contribution in [0.3, 0.4) is 0 Å². The molecule has 0 radical (unpaired) electrons. The number of nitrogens with zero attached hydrogens (tertiary/aromatic N) is 2. The Balaban J connectivity index is 1.38. The lowest BCUT2D eigenvalue weighted by Gasteiger charge is -2.29. The third-order valence-electron chi connectivity index (χ3n) is 6.31. The molecule has 0 spiro atoms. The number of carbonyl (C=O) groups is 2. The van der Waals surface area contributed by atoms with Crippen LogP contribution in [0.1, 0.15) is 41.7 Å². The molecule has 152 valence electrons. The van der Waals surface area contributed by atoms with Crippen LogP contribution >= 0.6 is 0 Å². The zero-order chi connectivity index (χ0) is 20.4. The van der Waals surface area contributed by atoms with E-state index in [1.165, 1.54) is 6.07 Å². The first kappa shape index (κ1) is 19.8. The van der Waals surface area contributed by atoms with E-state index in [9.17, 15) is 14.0 Å². The lowest BCUT2D eigenvalue weighted by atomic mass is 9.89. The van der Waals surface area contributed by atoms with Gasteiger partial charge in [0, 0.05) is 44.5 Å². The van der Waals surface area contributed by atoms with Crippen molar-refractivity contribution in [2.75, 3.05) is 26.2 Å². The number of hydrogen-bond donors (Lipinski definition) is 0. The summed E-state index contributed by atoms with van der Waals surface area (Å²) in [6.45, 7) is 5.01. The van der Waals surface area contributed by atoms with Gasteiger partial charge in [-0.3, -0.25) is 9.59 Å². The van der Waals surface area contributed by atoms with Crippen LogP contribution in [0.15, 0.2) is 54.6 Å². The van der Waals surface area contributed by atoms with E-state index in [4.69, 9.17) is 0 Å². The molecule has 2 aromatic rings. The predicted octanol–water partition coefficient (Wildman–Crippen LogP) is 3.94. The Morgan fingerprint density at radius 1 is 1.03 bits per heavy atom. The highest BCUT2D eigenvalue weighted by Gasteiger charge is 2.48. The van der Waals surface area contributed by atoms with E-state index in [1.807, 2.05) is 41.3 Å². The fourth-order valence-corrected chi connectivity index (χ4v) is 4.99. The third kappa shape index (κ3) is 4.25. The van der Waals surface area contributed by atoms with Gasteiger partial charge in [-0.05, 0) is 36.6 Å². The number of halogens is 1. The van der Waals surface area contributed by atoms with Crippen LogP contribution in [0.25, 0.3) is 0 Å². The highest BCUT2D eigenvalue weighted by atomic mass is 19.1. The molecule has 5 heteroatoms. The lowest BCUT2D eigenvalue weighted by molar-refractivity contribution is -0.130. The number of hydrogen-bond acceptors (Lipinski definition) is 3. The molecular weight excluding hydrogens is 367 g/mol. The van der Waals surface area contributed by atoms with Gasteiger partial charge in [-0.2, -0.15) is 0 Å². The van der Waals surface area contributed by atoms with Crippen LogP contribution < -0.4 is 0 Å². The molecule has 0 bridgehead atoms. The van der Waals surface area contributed by atoms with Crippen molar-refractivity contribution in [3.63, 3.8) is 0 Å². The second-order valence-electron chi connectivity index (χ2n) is 8.25. The number of likely N-dealkylation sites (tertiary alicyclic amines) is 2. The van der Waals surface area contributed by atoms with Crippen LogP contribution in [0.4, 0.5) is 4.39 Å². The van der Waals surface area contributed by atoms with E-state index in [0.717, 1.165) is 43.7 Å². The number of carbonyl (C=O) groups excluding carboxylic acids is 2. The van der Waals surface area contributed by atoms with Gasteiger partial charge in [-0.25, -0.2) is 4.39 Å². The molecule has 2 fully saturated rings. The van der Waals surface area contributed by atoms with Crippen LogP contribution in [0, 0.1) is 17.7 Å². The van der Waals surface area contributed by atoms with Crippen LogP contribution in [-0.4, -0.2) is 47.7 Å². The van der Waals surface area contributed by atoms with Gasteiger partial charge in [-0.1, -0.05) is 42.5 Å². The highest BCUT2D eigenvalue weighted by Crippen LogP contribution is 2.45. The quantitative estimate of drug-likeness (QED) is 0.697. The zero-order valence-corrected chi connectivity index (χ0v) is 16.8. The van der Waals surface area contributed by atoms with E-state index in [2.05, 4.69) is 4.90 Å². The van der Waals surface area contributed by atoms with Gasteiger partial charge >= 0.3 is 0 Å². The number of Topliss-reactive ketones (excluding diaryl/α,β-unsaturated/α-hetero) is 1. The summed E-state index contributed by atoms with van der Waals surface area (Å²) in [5.41, 5.74) is 1.66. The number of ketones is 1. The van der Waals surface area contributed by atoms with E-state index < -0.39 is 0 Å². The molecule has 0 unspecified atom stereocenters. The summed E-state index contributed by atoms with van der Waals surface area (Å²) in [4.78, 5) is 28.8. The summed E-state index contributed by atoms with van der Waals surface area (Å²) in [5, 5.41) is 0. The molecule has 2 heterocycles. The van der Waals surface area contributed by atoms with Crippen molar-refractivity contribution in [3.05, 3.63) is 71.5 Å². The minimum Gasteiger partial charge on any atom is -0.335 e. The molecule has 2 aliphatic heterocycles. The minimum atomic E-state index is -0.260. The molecule has 4 nitrogen and oxygen atoms in total. The Kier molecular flexibility index (Phi) is 5.76. The van der Waals surface area contributed by atoms with Gasteiger partial charge in [0.25, 0.3) is 0 Å². The molecular formula is C24H27FN2O2. The molecule has 2 aromatic carbocycles. The number of fused-ring (bicyclic) bond motifs is 1. The van der Waals surface area contributed by atoms with Crippen LogP contribution in [-0.2, 0) is 4.79 Å². The Hall–Kier alpha value is -2.53. The first-order valence-corrected chi connectivity index (χ1v) is 10.4. The Labute approximate surface area is 171 Å². The topological polar surface area (TPSA) is 40.6 Å². The maximum absolute atomic E-state index is 13.8. The molecule has 0 aromatic heterocycles. The average molecular weight is 394 g/mol. The second kappa shape index (κ2) is 8.46. The summed E-state index contributed by atoms with van der Waals surface area (Å²) in [6.07, 6.45) is 1.37. The van der Waals surface area contributed by atoms with Crippen molar-refractivity contribution in [1.82, 2.24) is 9.80 Å². The lowest BCUT2D eigenvalue weighted by Crippen LogP contribution is -2.34. The summed E-state index contributed by atoms with van der Waals surface area (Å²) in [6, 6.07) is 16.0. The molecule has 4 rings (SSSR count). The van der Waals surface area contributed by atoms with Crippen LogP contribution in [0.5, 0.6) is 0 Å². The number of benzene rings is 2. The molecule has 2 saturated heterocycles. The van der Waals surface area contributed by atoms with E-state index in [-0.39, 0.29) is 23.5 Å². The van der Waals surface area contributed by atoms with Crippen molar-refractivity contribution >= 4 is 11.7 Å². The summed E-state index contributed by atoms with van der Waals surface area (Å²) < 4.78 is 13.8. The summed E-state index contributed by atoms with van der Waals surface area (Å²) in [7, 11) is 0. The van der Waals surface area contributed by atoms with Crippen molar-refractivity contribution in [2.45, 2.75) is 25.8 Å². The highest BCUT2D eigenvalue weighted by molar-refractivity contribution is 5.95. The van der Waals surface area contributed by atoms with Crippen molar-refractivity contribution in [2.24, 2.45) is 11.8 Å². The van der Waals surface area contributed by atoms with Gasteiger partial charge in [-0.15, -0.1) is 0 Å². The van der Waals surface area contributed by atoms with Gasteiger partial charge in [0.05, 0.1) is 6.04 Å². The Morgan fingerprint density at radius 2 is 1.83 bits per heavy atom.